The highest BCUT2D eigenvalue weighted by Gasteiger charge is 2.38. The number of nitrogens with two attached hydrogens (primary N) is 3. The topological polar surface area (TPSA) is 441 Å². The van der Waals surface area contributed by atoms with E-state index in [-0.39, 0.29) is 43.6 Å². The van der Waals surface area contributed by atoms with E-state index in [0.29, 0.717) is 6.42 Å². The second-order valence-corrected chi connectivity index (χ2v) is 16.0. The van der Waals surface area contributed by atoms with Gasteiger partial charge in [0.25, 0.3) is 0 Å². The van der Waals surface area contributed by atoms with Crippen LogP contribution in [0.5, 0.6) is 0 Å². The summed E-state index contributed by atoms with van der Waals surface area (Å²) in [7, 11) is 1.48. The minimum absolute atomic E-state index is 0.0536. The van der Waals surface area contributed by atoms with E-state index < -0.39 is 133 Å². The molecule has 0 heterocycles. The molecule has 26 heteroatoms. The van der Waals surface area contributed by atoms with Gasteiger partial charge in [-0.1, -0.05) is 48.0 Å². The van der Waals surface area contributed by atoms with Crippen LogP contribution in [-0.2, 0) is 43.2 Å². The summed E-state index contributed by atoms with van der Waals surface area (Å²) in [6.45, 7) is 9.44. The van der Waals surface area contributed by atoms with Crippen LogP contribution in [0, 0.1) is 17.8 Å². The lowest BCUT2D eigenvalue weighted by atomic mass is 9.96. The van der Waals surface area contributed by atoms with Crippen molar-refractivity contribution in [3.05, 3.63) is 0 Å². The molecule has 11 atom stereocenters. The third kappa shape index (κ3) is 20.2. The van der Waals surface area contributed by atoms with E-state index in [1.165, 1.54) is 7.05 Å². The molecule has 0 aromatic carbocycles. The van der Waals surface area contributed by atoms with Gasteiger partial charge in [0.05, 0.1) is 25.4 Å². The maximum Gasteiger partial charge on any atom is 0.328 e. The van der Waals surface area contributed by atoms with Crippen molar-refractivity contribution in [3.8, 4) is 0 Å². The second-order valence-electron chi connectivity index (χ2n) is 16.0. The maximum absolute atomic E-state index is 14.0. The number of aliphatic hydroxyl groups is 4. The van der Waals surface area contributed by atoms with Crippen LogP contribution in [0.2, 0.25) is 0 Å². The summed E-state index contributed by atoms with van der Waals surface area (Å²) in [5.41, 5.74) is 15.9. The Labute approximate surface area is 371 Å². The molecule has 26 nitrogen and oxygen atoms in total. The number of rotatable bonds is 30. The van der Waals surface area contributed by atoms with Crippen molar-refractivity contribution >= 4 is 59.2 Å². The zero-order chi connectivity index (χ0) is 49.6. The van der Waals surface area contributed by atoms with E-state index in [9.17, 15) is 63.6 Å². The average Bonchev–Trinajstić information content (AvgIpc) is 3.21. The maximum atomic E-state index is 14.0. The highest BCUT2D eigenvalue weighted by atomic mass is 16.4. The lowest BCUT2D eigenvalue weighted by molar-refractivity contribution is -0.145. The van der Waals surface area contributed by atoms with Gasteiger partial charge < -0.3 is 85.3 Å². The minimum atomic E-state index is -2.39. The summed E-state index contributed by atoms with van der Waals surface area (Å²) in [5.74, 6) is -11.5. The number of likely N-dealkylation sites (N-methyl/N-ethyl adjacent to an activating group) is 1. The number of hydrogen-bond acceptors (Lipinski definition) is 15. The van der Waals surface area contributed by atoms with E-state index >= 15 is 0 Å². The Balaban J connectivity index is 6.37. The first-order valence-electron chi connectivity index (χ1n) is 20.7. The fourth-order valence-electron chi connectivity index (χ4n) is 5.86. The van der Waals surface area contributed by atoms with Crippen LogP contribution in [0.15, 0.2) is 4.99 Å². The van der Waals surface area contributed by atoms with Gasteiger partial charge in [0.2, 0.25) is 47.3 Å². The van der Waals surface area contributed by atoms with Gasteiger partial charge in [-0.25, -0.2) is 4.79 Å². The number of nitrogens with one attached hydrogen (secondary N) is 8. The average molecular weight is 919 g/mol. The van der Waals surface area contributed by atoms with Gasteiger partial charge in [0.1, 0.15) is 42.3 Å². The number of primary amides is 1. The highest BCUT2D eigenvalue weighted by molar-refractivity contribution is 5.98. The normalized spacial score (nSPS) is 16.4. The van der Waals surface area contributed by atoms with Crippen molar-refractivity contribution in [1.82, 2.24) is 42.5 Å². The largest absolute Gasteiger partial charge is 0.480 e. The number of carboxylic acids is 1. The third-order valence-electron chi connectivity index (χ3n) is 9.82. The van der Waals surface area contributed by atoms with Crippen LogP contribution in [0.3, 0.4) is 0 Å². The molecule has 0 aliphatic heterocycles. The first-order valence-corrected chi connectivity index (χ1v) is 20.7. The number of aliphatic hydroxyl groups excluding tert-OH is 4. The summed E-state index contributed by atoms with van der Waals surface area (Å²) >= 11 is 0. The number of guanidine groups is 1. The fraction of sp³-hybridized carbons (Fsp3) is 0.737. The third-order valence-corrected chi connectivity index (χ3v) is 9.82. The Hall–Kier alpha value is -5.70. The molecule has 0 radical (unpaired) electrons. The number of carboxylic acid groups (broad SMARTS) is 1. The SMILES string of the molecule is CC[C@H](C)C(NC(=O)[C@@H](CCCN=C(N)N)NC(=O)[C@H](CC(C)C)NC(=O)[C@@H](NC)[C@H](O)C(C)C)C(=O)N[C@H](C(=O)NCC(=O)N[C@H](C(=O)N[C@@H](CO)C(=O)O)[C@H](O)C(N)=O)[C@H](C)O. The van der Waals surface area contributed by atoms with E-state index in [2.05, 4.69) is 36.9 Å². The fourth-order valence-corrected chi connectivity index (χ4v) is 5.86. The summed E-state index contributed by atoms with van der Waals surface area (Å²) in [6.07, 6.45) is -4.57. The molecule has 8 amide bonds. The van der Waals surface area contributed by atoms with Gasteiger partial charge in [0, 0.05) is 6.54 Å². The minimum Gasteiger partial charge on any atom is -0.480 e. The monoisotopic (exact) mass is 919 g/mol. The molecule has 64 heavy (non-hydrogen) atoms. The van der Waals surface area contributed by atoms with Gasteiger partial charge in [-0.2, -0.15) is 0 Å². The molecule has 366 valence electrons. The second kappa shape index (κ2) is 28.9. The van der Waals surface area contributed by atoms with E-state index in [0.717, 1.165) is 6.92 Å². The predicted molar refractivity (Wildman–Crippen MR) is 229 cm³/mol. The number of carbonyl (C=O) groups is 9. The van der Waals surface area contributed by atoms with Crippen LogP contribution in [-0.4, -0.2) is 172 Å². The molecule has 0 aromatic heterocycles. The Bertz CT molecular complexity index is 1630. The quantitative estimate of drug-likeness (QED) is 0.0181. The molecule has 0 aliphatic carbocycles. The number of hydrogen-bond donors (Lipinski definition) is 16. The molecule has 0 rings (SSSR count). The molecule has 1 unspecified atom stereocenters. The standard InChI is InChI=1S/C38H70N12O14/c1-9-18(6)24(34(60)50-25(19(7)52)33(59)44-14-23(53)48-27(29(55)30(39)56)36(62)47-22(15-51)37(63)64)49-31(57)20(11-10-12-43-38(40)41)45-32(58)21(13-16(2)3)46-35(61)26(42-8)28(54)17(4)5/h16-22,24-29,42,51-52,54-55H,9-15H2,1-8H3,(H2,39,56)(H,44,59)(H,45,58)(H,46,61)(H,47,62)(H,48,53)(H,49,57)(H,50,60)(H,63,64)(H4,40,41,43)/t18-,19-,20+,21-,22-,24?,25-,26-,27-,28+,29-/m0/s1. The first-order chi connectivity index (χ1) is 29.7. The van der Waals surface area contributed by atoms with Crippen LogP contribution in [0.4, 0.5) is 0 Å². The molecule has 0 saturated carbocycles. The molecule has 19 N–H and O–H groups in total. The Morgan fingerprint density at radius 2 is 1.16 bits per heavy atom. The molecular weight excluding hydrogens is 848 g/mol. The molecule has 0 fully saturated rings. The zero-order valence-corrected chi connectivity index (χ0v) is 37.5. The van der Waals surface area contributed by atoms with Crippen molar-refractivity contribution in [2.24, 2.45) is 39.9 Å². The van der Waals surface area contributed by atoms with E-state index in [4.69, 9.17) is 22.3 Å². The van der Waals surface area contributed by atoms with Crippen molar-refractivity contribution in [2.75, 3.05) is 26.7 Å². The number of amides is 8. The predicted octanol–water partition coefficient (Wildman–Crippen LogP) is -6.93. The van der Waals surface area contributed by atoms with Crippen LogP contribution < -0.4 is 59.7 Å². The van der Waals surface area contributed by atoms with Crippen molar-refractivity contribution in [2.45, 2.75) is 135 Å². The molecule has 0 aromatic rings. The summed E-state index contributed by atoms with van der Waals surface area (Å²) in [6, 6.07) is -10.8. The van der Waals surface area contributed by atoms with Gasteiger partial charge in [-0.15, -0.1) is 0 Å². The van der Waals surface area contributed by atoms with Crippen LogP contribution in [0.1, 0.15) is 74.1 Å². The van der Waals surface area contributed by atoms with Crippen molar-refractivity contribution in [1.29, 1.82) is 0 Å². The summed E-state index contributed by atoms with van der Waals surface area (Å²) in [4.78, 5) is 120. The Morgan fingerprint density at radius 1 is 0.641 bits per heavy atom. The molecule has 0 aliphatic rings. The molecule has 0 spiro atoms. The summed E-state index contributed by atoms with van der Waals surface area (Å²) < 4.78 is 0. The molecular formula is C38H70N12O14. The van der Waals surface area contributed by atoms with E-state index in [1.54, 1.807) is 33.0 Å². The molecule has 0 bridgehead atoms. The lowest BCUT2D eigenvalue weighted by Crippen LogP contribution is -2.62. The van der Waals surface area contributed by atoms with Gasteiger partial charge >= 0.3 is 5.97 Å². The number of aliphatic imine (C=N–C) groups is 1. The zero-order valence-electron chi connectivity index (χ0n) is 37.5. The summed E-state index contributed by atoms with van der Waals surface area (Å²) in [5, 5.41) is 68.3. The van der Waals surface area contributed by atoms with Crippen LogP contribution >= 0.6 is 0 Å². The van der Waals surface area contributed by atoms with Crippen LogP contribution in [0.25, 0.3) is 0 Å². The van der Waals surface area contributed by atoms with Gasteiger partial charge in [-0.05, 0) is 51.0 Å². The van der Waals surface area contributed by atoms with Gasteiger partial charge in [-0.3, -0.25) is 43.3 Å². The number of carbonyl (C=O) groups excluding carboxylic acids is 8. The number of aliphatic carboxylic acids is 1. The Kier molecular flexibility index (Phi) is 26.3. The van der Waals surface area contributed by atoms with Gasteiger partial charge in [0.15, 0.2) is 12.1 Å². The highest BCUT2D eigenvalue weighted by Crippen LogP contribution is 2.13. The smallest absolute Gasteiger partial charge is 0.328 e. The van der Waals surface area contributed by atoms with E-state index in [1.807, 2.05) is 19.2 Å². The number of nitrogens with zero attached hydrogens (tertiary/aromatic N) is 1. The Morgan fingerprint density at radius 3 is 1.62 bits per heavy atom. The van der Waals surface area contributed by atoms with Crippen molar-refractivity contribution in [3.63, 3.8) is 0 Å². The first kappa shape index (κ1) is 58.3. The molecule has 0 saturated heterocycles. The lowest BCUT2D eigenvalue weighted by Gasteiger charge is -2.30. The van der Waals surface area contributed by atoms with Crippen molar-refractivity contribution < 1.29 is 68.7 Å².